The Labute approximate surface area is 107 Å². The second-order valence-corrected chi connectivity index (χ2v) is 4.16. The van der Waals surface area contributed by atoms with Crippen molar-refractivity contribution in [3.63, 3.8) is 0 Å². The van der Waals surface area contributed by atoms with Crippen molar-refractivity contribution >= 4 is 11.6 Å². The lowest BCUT2D eigenvalue weighted by atomic mass is 10.1. The topological polar surface area (TPSA) is 55.1 Å². The summed E-state index contributed by atoms with van der Waals surface area (Å²) < 4.78 is 50.5. The van der Waals surface area contributed by atoms with E-state index in [0.29, 0.717) is 25.1 Å². The van der Waals surface area contributed by atoms with Gasteiger partial charge in [-0.1, -0.05) is 6.92 Å². The van der Waals surface area contributed by atoms with Gasteiger partial charge in [-0.2, -0.15) is 13.2 Å². The highest BCUT2D eigenvalue weighted by Gasteiger charge is 2.34. The van der Waals surface area contributed by atoms with E-state index in [4.69, 9.17) is 5.73 Å². The van der Waals surface area contributed by atoms with Crippen LogP contribution in [0.1, 0.15) is 18.9 Å². The van der Waals surface area contributed by atoms with Crippen molar-refractivity contribution in [2.45, 2.75) is 19.5 Å². The van der Waals surface area contributed by atoms with Crippen LogP contribution in [0.4, 0.5) is 23.2 Å². The van der Waals surface area contributed by atoms with Gasteiger partial charge in [0.15, 0.2) is 0 Å². The monoisotopic (exact) mass is 278 g/mol. The Bertz CT molecular complexity index is 460. The first kappa shape index (κ1) is 15.4. The van der Waals surface area contributed by atoms with Crippen molar-refractivity contribution in [2.24, 2.45) is 11.7 Å². The number of alkyl halides is 3. The molecule has 7 heteroatoms. The van der Waals surface area contributed by atoms with E-state index in [-0.39, 0.29) is 5.69 Å². The Balaban J connectivity index is 2.89. The SMILES string of the molecule is CC(CCN)C(=O)Nc1ccc(F)c(C(F)(F)F)c1. The van der Waals surface area contributed by atoms with Crippen LogP contribution in [-0.4, -0.2) is 12.5 Å². The zero-order chi connectivity index (χ0) is 14.6. The number of hydrogen-bond donors (Lipinski definition) is 2. The maximum Gasteiger partial charge on any atom is 0.419 e. The molecule has 3 N–H and O–H groups in total. The van der Waals surface area contributed by atoms with Gasteiger partial charge in [0.05, 0.1) is 5.56 Å². The predicted octanol–water partition coefficient (Wildman–Crippen LogP) is 2.77. The van der Waals surface area contributed by atoms with Gasteiger partial charge in [0.25, 0.3) is 0 Å². The number of carbonyl (C=O) groups excluding carboxylic acids is 1. The molecule has 3 nitrogen and oxygen atoms in total. The van der Waals surface area contributed by atoms with Crippen LogP contribution in [0, 0.1) is 11.7 Å². The summed E-state index contributed by atoms with van der Waals surface area (Å²) in [6.45, 7) is 1.90. The van der Waals surface area contributed by atoms with Crippen LogP contribution in [0.2, 0.25) is 0 Å². The van der Waals surface area contributed by atoms with Gasteiger partial charge >= 0.3 is 6.18 Å². The zero-order valence-corrected chi connectivity index (χ0v) is 10.2. The number of halogens is 4. The molecule has 106 valence electrons. The molecule has 0 saturated heterocycles. The standard InChI is InChI=1S/C12H14F4N2O/c1-7(4-5-17)11(19)18-8-2-3-10(13)9(6-8)12(14,15)16/h2-3,6-7H,4-5,17H2,1H3,(H,18,19). The summed E-state index contributed by atoms with van der Waals surface area (Å²) in [5, 5.41) is 2.31. The summed E-state index contributed by atoms with van der Waals surface area (Å²) in [6, 6.07) is 2.33. The molecular formula is C12H14F4N2O. The van der Waals surface area contributed by atoms with E-state index in [1.807, 2.05) is 0 Å². The fraction of sp³-hybridized carbons (Fsp3) is 0.417. The van der Waals surface area contributed by atoms with Crippen molar-refractivity contribution < 1.29 is 22.4 Å². The molecule has 1 unspecified atom stereocenters. The maximum absolute atomic E-state index is 13.0. The van der Waals surface area contributed by atoms with Gasteiger partial charge in [-0.25, -0.2) is 4.39 Å². The van der Waals surface area contributed by atoms with Crippen LogP contribution in [0.25, 0.3) is 0 Å². The Kier molecular flexibility index (Phi) is 4.88. The Morgan fingerprint density at radius 1 is 1.42 bits per heavy atom. The summed E-state index contributed by atoms with van der Waals surface area (Å²) in [5.41, 5.74) is 3.78. The van der Waals surface area contributed by atoms with Gasteiger partial charge in [0, 0.05) is 11.6 Å². The fourth-order valence-electron chi connectivity index (χ4n) is 1.47. The minimum absolute atomic E-state index is 0.0948. The molecular weight excluding hydrogens is 264 g/mol. The third-order valence-electron chi connectivity index (χ3n) is 2.59. The molecule has 0 aromatic heterocycles. The first-order chi connectivity index (χ1) is 8.75. The summed E-state index contributed by atoms with van der Waals surface area (Å²) >= 11 is 0. The number of amides is 1. The summed E-state index contributed by atoms with van der Waals surface area (Å²) in [6.07, 6.45) is -4.38. The van der Waals surface area contributed by atoms with Crippen LogP contribution in [0.5, 0.6) is 0 Å². The lowest BCUT2D eigenvalue weighted by Gasteiger charge is -2.13. The molecule has 1 atom stereocenters. The van der Waals surface area contributed by atoms with E-state index in [0.717, 1.165) is 6.07 Å². The number of nitrogens with two attached hydrogens (primary N) is 1. The van der Waals surface area contributed by atoms with E-state index in [1.165, 1.54) is 0 Å². The third kappa shape index (κ3) is 4.20. The van der Waals surface area contributed by atoms with Gasteiger partial charge in [-0.05, 0) is 31.2 Å². The minimum atomic E-state index is -4.80. The summed E-state index contributed by atoms with van der Waals surface area (Å²) in [4.78, 5) is 11.6. The third-order valence-corrected chi connectivity index (χ3v) is 2.59. The normalized spacial score (nSPS) is 13.2. The minimum Gasteiger partial charge on any atom is -0.330 e. The summed E-state index contributed by atoms with van der Waals surface area (Å²) in [5.74, 6) is -2.25. The molecule has 0 aliphatic rings. The number of nitrogens with one attached hydrogen (secondary N) is 1. The van der Waals surface area contributed by atoms with Crippen molar-refractivity contribution in [3.8, 4) is 0 Å². The lowest BCUT2D eigenvalue weighted by Crippen LogP contribution is -2.23. The van der Waals surface area contributed by atoms with Gasteiger partial charge < -0.3 is 11.1 Å². The van der Waals surface area contributed by atoms with Crippen LogP contribution < -0.4 is 11.1 Å². The van der Waals surface area contributed by atoms with E-state index >= 15 is 0 Å². The molecule has 1 amide bonds. The van der Waals surface area contributed by atoms with Crippen LogP contribution in [0.3, 0.4) is 0 Å². The Hall–Kier alpha value is -1.63. The zero-order valence-electron chi connectivity index (χ0n) is 10.2. The molecule has 0 fully saturated rings. The molecule has 19 heavy (non-hydrogen) atoms. The lowest BCUT2D eigenvalue weighted by molar-refractivity contribution is -0.140. The number of carbonyl (C=O) groups is 1. The molecule has 0 radical (unpaired) electrons. The second kappa shape index (κ2) is 6.01. The first-order valence-corrected chi connectivity index (χ1v) is 5.63. The van der Waals surface area contributed by atoms with Crippen LogP contribution in [0.15, 0.2) is 18.2 Å². The van der Waals surface area contributed by atoms with Gasteiger partial charge in [-0.15, -0.1) is 0 Å². The molecule has 1 aromatic rings. The molecule has 1 rings (SSSR count). The Morgan fingerprint density at radius 2 is 2.05 bits per heavy atom. The number of hydrogen-bond acceptors (Lipinski definition) is 2. The molecule has 0 saturated carbocycles. The average Bonchev–Trinajstić information content (AvgIpc) is 2.30. The highest BCUT2D eigenvalue weighted by Crippen LogP contribution is 2.33. The van der Waals surface area contributed by atoms with E-state index in [1.54, 1.807) is 6.92 Å². The first-order valence-electron chi connectivity index (χ1n) is 5.63. The van der Waals surface area contributed by atoms with Crippen molar-refractivity contribution in [1.29, 1.82) is 0 Å². The molecule has 1 aromatic carbocycles. The Morgan fingerprint density at radius 3 is 2.58 bits per heavy atom. The largest absolute Gasteiger partial charge is 0.419 e. The highest BCUT2D eigenvalue weighted by molar-refractivity contribution is 5.92. The van der Waals surface area contributed by atoms with Gasteiger partial charge in [0.2, 0.25) is 5.91 Å². The number of rotatable bonds is 4. The maximum atomic E-state index is 13.0. The molecule has 0 heterocycles. The number of anilines is 1. The predicted molar refractivity (Wildman–Crippen MR) is 62.9 cm³/mol. The highest BCUT2D eigenvalue weighted by atomic mass is 19.4. The quantitative estimate of drug-likeness (QED) is 0.832. The van der Waals surface area contributed by atoms with Crippen molar-refractivity contribution in [2.75, 3.05) is 11.9 Å². The van der Waals surface area contributed by atoms with Crippen molar-refractivity contribution in [1.82, 2.24) is 0 Å². The van der Waals surface area contributed by atoms with Crippen LogP contribution >= 0.6 is 0 Å². The smallest absolute Gasteiger partial charge is 0.330 e. The van der Waals surface area contributed by atoms with Gasteiger partial charge in [-0.3, -0.25) is 4.79 Å². The van der Waals surface area contributed by atoms with Gasteiger partial charge in [0.1, 0.15) is 5.82 Å². The molecule has 0 aliphatic carbocycles. The van der Waals surface area contributed by atoms with E-state index in [9.17, 15) is 22.4 Å². The molecule has 0 spiro atoms. The van der Waals surface area contributed by atoms with Crippen LogP contribution in [-0.2, 0) is 11.0 Å². The number of benzene rings is 1. The van der Waals surface area contributed by atoms with E-state index < -0.39 is 29.4 Å². The van der Waals surface area contributed by atoms with E-state index in [2.05, 4.69) is 5.32 Å². The molecule has 0 aliphatic heterocycles. The molecule has 0 bridgehead atoms. The summed E-state index contributed by atoms with van der Waals surface area (Å²) in [7, 11) is 0. The van der Waals surface area contributed by atoms with Crippen molar-refractivity contribution in [3.05, 3.63) is 29.6 Å². The second-order valence-electron chi connectivity index (χ2n) is 4.16. The average molecular weight is 278 g/mol. The fourth-order valence-corrected chi connectivity index (χ4v) is 1.47.